The van der Waals surface area contributed by atoms with Gasteiger partial charge >= 0.3 is 18.3 Å². The van der Waals surface area contributed by atoms with Gasteiger partial charge in [-0.05, 0) is 67.7 Å². The van der Waals surface area contributed by atoms with E-state index in [1.54, 1.807) is 0 Å². The second-order valence-corrected chi connectivity index (χ2v) is 9.15. The Morgan fingerprint density at radius 3 is 2.19 bits per heavy atom. The molecule has 0 spiro atoms. The fourth-order valence-corrected chi connectivity index (χ4v) is 4.53. The minimum atomic E-state index is -4.48. The van der Waals surface area contributed by atoms with Crippen LogP contribution in [-0.4, -0.2) is 41.3 Å². The molecule has 1 fully saturated rings. The number of benzene rings is 1. The molecule has 0 amide bonds. The van der Waals surface area contributed by atoms with Crippen molar-refractivity contribution in [3.63, 3.8) is 0 Å². The zero-order chi connectivity index (χ0) is 24.1. The summed E-state index contributed by atoms with van der Waals surface area (Å²) in [4.78, 5) is 13.0. The average Bonchev–Trinajstić information content (AvgIpc) is 2.66. The van der Waals surface area contributed by atoms with Crippen LogP contribution in [-0.2, 0) is 11.0 Å². The first-order valence-electron chi connectivity index (χ1n) is 11.0. The van der Waals surface area contributed by atoms with E-state index in [9.17, 15) is 36.2 Å². The first kappa shape index (κ1) is 26.5. The van der Waals surface area contributed by atoms with Gasteiger partial charge < -0.3 is 5.11 Å². The summed E-state index contributed by atoms with van der Waals surface area (Å²) in [5, 5.41) is 9.18. The molecule has 9 heteroatoms. The lowest BCUT2D eigenvalue weighted by Crippen LogP contribution is -2.45. The Morgan fingerprint density at radius 1 is 1.06 bits per heavy atom. The van der Waals surface area contributed by atoms with E-state index in [1.807, 2.05) is 18.7 Å². The van der Waals surface area contributed by atoms with Gasteiger partial charge in [0.15, 0.2) is 0 Å². The molecule has 3 atom stereocenters. The van der Waals surface area contributed by atoms with E-state index in [-0.39, 0.29) is 36.8 Å². The van der Waals surface area contributed by atoms with Crippen LogP contribution in [0.25, 0.3) is 0 Å². The van der Waals surface area contributed by atoms with Crippen molar-refractivity contribution < 1.29 is 36.2 Å². The molecule has 0 heterocycles. The van der Waals surface area contributed by atoms with Crippen LogP contribution in [0.2, 0.25) is 0 Å². The van der Waals surface area contributed by atoms with Crippen LogP contribution in [0.4, 0.5) is 26.3 Å². The Kier molecular flexibility index (Phi) is 9.02. The summed E-state index contributed by atoms with van der Waals surface area (Å²) in [5.41, 5.74) is -0.177. The largest absolute Gasteiger partial charge is 0.481 e. The van der Waals surface area contributed by atoms with Gasteiger partial charge in [-0.25, -0.2) is 0 Å². The minimum absolute atomic E-state index is 0.0571. The molecule has 0 bridgehead atoms. The van der Waals surface area contributed by atoms with Crippen LogP contribution < -0.4 is 0 Å². The summed E-state index contributed by atoms with van der Waals surface area (Å²) in [7, 11) is 0. The van der Waals surface area contributed by atoms with Crippen molar-refractivity contribution >= 4 is 5.97 Å². The van der Waals surface area contributed by atoms with Crippen LogP contribution in [0, 0.1) is 11.8 Å². The number of rotatable bonds is 9. The Balaban J connectivity index is 2.32. The first-order valence-corrected chi connectivity index (χ1v) is 11.0. The van der Waals surface area contributed by atoms with Crippen LogP contribution in [0.5, 0.6) is 0 Å². The van der Waals surface area contributed by atoms with Crippen LogP contribution in [0.1, 0.15) is 69.4 Å². The van der Waals surface area contributed by atoms with Crippen molar-refractivity contribution in [3.05, 3.63) is 35.4 Å². The summed E-state index contributed by atoms with van der Waals surface area (Å²) in [6.45, 7) is 4.25. The molecular weight excluding hydrogens is 436 g/mol. The van der Waals surface area contributed by atoms with Crippen molar-refractivity contribution in [1.82, 2.24) is 4.90 Å². The van der Waals surface area contributed by atoms with E-state index in [0.29, 0.717) is 37.8 Å². The van der Waals surface area contributed by atoms with Gasteiger partial charge in [-0.3, -0.25) is 9.69 Å². The predicted molar refractivity (Wildman–Crippen MR) is 109 cm³/mol. The monoisotopic (exact) mass is 467 g/mol. The summed E-state index contributed by atoms with van der Waals surface area (Å²) >= 11 is 0. The van der Waals surface area contributed by atoms with Gasteiger partial charge in [0.05, 0.1) is 12.0 Å². The molecule has 3 unspecified atom stereocenters. The third-order valence-electron chi connectivity index (χ3n) is 6.20. The first-order chi connectivity index (χ1) is 14.8. The number of aliphatic carboxylic acids is 1. The van der Waals surface area contributed by atoms with Crippen molar-refractivity contribution in [2.45, 2.75) is 76.7 Å². The summed E-state index contributed by atoms with van der Waals surface area (Å²) in [5.74, 6) is -1.15. The SMILES string of the molecule is CC(C)CCN(CCC(F)(F)F)C1CCC(CC(=O)O)CC1c1ccc(C(F)(F)F)cc1. The molecule has 0 saturated heterocycles. The van der Waals surface area contributed by atoms with Gasteiger partial charge in [0.2, 0.25) is 0 Å². The average molecular weight is 467 g/mol. The smallest absolute Gasteiger partial charge is 0.416 e. The summed E-state index contributed by atoms with van der Waals surface area (Å²) in [6, 6.07) is 4.46. The minimum Gasteiger partial charge on any atom is -0.481 e. The quantitative estimate of drug-likeness (QED) is 0.409. The number of nitrogens with zero attached hydrogens (tertiary/aromatic N) is 1. The maximum Gasteiger partial charge on any atom is 0.416 e. The Bertz CT molecular complexity index is 729. The highest BCUT2D eigenvalue weighted by molar-refractivity contribution is 5.67. The van der Waals surface area contributed by atoms with Crippen molar-refractivity contribution in [1.29, 1.82) is 0 Å². The Morgan fingerprint density at radius 2 is 1.69 bits per heavy atom. The number of hydrogen-bond acceptors (Lipinski definition) is 2. The van der Waals surface area contributed by atoms with Gasteiger partial charge in [-0.2, -0.15) is 26.3 Å². The number of carbonyl (C=O) groups is 1. The summed E-state index contributed by atoms with van der Waals surface area (Å²) in [6.07, 6.45) is -7.60. The van der Waals surface area contributed by atoms with Crippen LogP contribution in [0.15, 0.2) is 24.3 Å². The molecule has 182 valence electrons. The molecular formula is C23H31F6NO2. The van der Waals surface area contributed by atoms with Gasteiger partial charge in [0.1, 0.15) is 0 Å². The molecule has 1 aliphatic rings. The second-order valence-electron chi connectivity index (χ2n) is 9.15. The van der Waals surface area contributed by atoms with Crippen LogP contribution >= 0.6 is 0 Å². The van der Waals surface area contributed by atoms with E-state index in [0.717, 1.165) is 12.1 Å². The zero-order valence-electron chi connectivity index (χ0n) is 18.3. The highest BCUT2D eigenvalue weighted by Gasteiger charge is 2.38. The number of hydrogen-bond donors (Lipinski definition) is 1. The molecule has 1 aromatic rings. The highest BCUT2D eigenvalue weighted by Crippen LogP contribution is 2.42. The third kappa shape index (κ3) is 8.30. The molecule has 0 aromatic heterocycles. The lowest BCUT2D eigenvalue weighted by atomic mass is 9.73. The fraction of sp³-hybridized carbons (Fsp3) is 0.696. The van der Waals surface area contributed by atoms with E-state index < -0.39 is 30.3 Å². The molecule has 1 N–H and O–H groups in total. The molecule has 1 aliphatic carbocycles. The van der Waals surface area contributed by atoms with E-state index in [4.69, 9.17) is 0 Å². The molecule has 1 saturated carbocycles. The normalized spacial score (nSPS) is 22.5. The topological polar surface area (TPSA) is 40.5 Å². The van der Waals surface area contributed by atoms with E-state index in [2.05, 4.69) is 0 Å². The third-order valence-corrected chi connectivity index (χ3v) is 6.20. The number of carboxylic acid groups (broad SMARTS) is 1. The second kappa shape index (κ2) is 10.9. The Labute approximate surface area is 184 Å². The van der Waals surface area contributed by atoms with Gasteiger partial charge in [0, 0.05) is 19.0 Å². The molecule has 0 radical (unpaired) electrons. The number of carboxylic acids is 1. The molecule has 2 rings (SSSR count). The zero-order valence-corrected chi connectivity index (χ0v) is 18.3. The lowest BCUT2D eigenvalue weighted by molar-refractivity contribution is -0.141. The van der Waals surface area contributed by atoms with E-state index in [1.165, 1.54) is 12.1 Å². The number of alkyl halides is 6. The van der Waals surface area contributed by atoms with Crippen molar-refractivity contribution in [3.8, 4) is 0 Å². The maximum atomic E-state index is 13.0. The van der Waals surface area contributed by atoms with Gasteiger partial charge in [-0.1, -0.05) is 26.0 Å². The van der Waals surface area contributed by atoms with Gasteiger partial charge in [0.25, 0.3) is 0 Å². The lowest BCUT2D eigenvalue weighted by Gasteiger charge is -2.43. The fourth-order valence-electron chi connectivity index (χ4n) is 4.53. The summed E-state index contributed by atoms with van der Waals surface area (Å²) < 4.78 is 77.8. The Hall–Kier alpha value is -1.77. The number of halogens is 6. The standard InChI is InChI=1S/C23H31F6NO2/c1-15(2)9-11-30(12-10-22(24,25)26)20-8-3-16(14-21(31)32)13-19(20)17-4-6-18(7-5-17)23(27,28)29/h4-7,15-16,19-20H,3,8-14H2,1-2H3,(H,31,32). The van der Waals surface area contributed by atoms with Crippen molar-refractivity contribution in [2.75, 3.05) is 13.1 Å². The molecule has 1 aromatic carbocycles. The molecule has 3 nitrogen and oxygen atoms in total. The predicted octanol–water partition coefficient (Wildman–Crippen LogP) is 6.73. The van der Waals surface area contributed by atoms with E-state index >= 15 is 0 Å². The molecule has 32 heavy (non-hydrogen) atoms. The molecule has 0 aliphatic heterocycles. The van der Waals surface area contributed by atoms with Gasteiger partial charge in [-0.15, -0.1) is 0 Å². The maximum absolute atomic E-state index is 13.0. The van der Waals surface area contributed by atoms with Crippen LogP contribution in [0.3, 0.4) is 0 Å². The van der Waals surface area contributed by atoms with Crippen molar-refractivity contribution in [2.24, 2.45) is 11.8 Å². The highest BCUT2D eigenvalue weighted by atomic mass is 19.4.